The summed E-state index contributed by atoms with van der Waals surface area (Å²) >= 11 is 1.45. The molecule has 3 aromatic rings. The van der Waals surface area contributed by atoms with Crippen molar-refractivity contribution in [3.63, 3.8) is 0 Å². The maximum Gasteiger partial charge on any atom is 0.261 e. The zero-order valence-electron chi connectivity index (χ0n) is 12.4. The summed E-state index contributed by atoms with van der Waals surface area (Å²) in [6.07, 6.45) is 0. The molecule has 21 heavy (non-hydrogen) atoms. The lowest BCUT2D eigenvalue weighted by atomic mass is 10.1. The van der Waals surface area contributed by atoms with Crippen LogP contribution in [-0.2, 0) is 0 Å². The fraction of sp³-hybridized carbons (Fsp3) is 0.294. The Morgan fingerprint density at radius 2 is 1.90 bits per heavy atom. The van der Waals surface area contributed by atoms with E-state index < -0.39 is 0 Å². The maximum atomic E-state index is 12.3. The maximum absolute atomic E-state index is 12.3. The molecule has 0 aliphatic rings. The van der Waals surface area contributed by atoms with Gasteiger partial charge in [0.15, 0.2) is 0 Å². The van der Waals surface area contributed by atoms with Crippen LogP contribution in [0.4, 0.5) is 0 Å². The number of nitrogens with one attached hydrogen (secondary N) is 1. The van der Waals surface area contributed by atoms with Crippen molar-refractivity contribution in [1.82, 2.24) is 10.3 Å². The summed E-state index contributed by atoms with van der Waals surface area (Å²) in [5, 5.41) is 5.17. The zero-order valence-corrected chi connectivity index (χ0v) is 13.2. The van der Waals surface area contributed by atoms with Gasteiger partial charge in [0.2, 0.25) is 0 Å². The standard InChI is InChI=1S/C17H18N2OS/c1-10(2)11(3)18-16(20)15-9-13-8-12-6-4-5-7-14(12)19-17(13)21-15/h4-11H,1-3H3,(H,18,20)/t11-/m0/s1. The van der Waals surface area contributed by atoms with Crippen molar-refractivity contribution in [3.05, 3.63) is 41.3 Å². The van der Waals surface area contributed by atoms with Crippen LogP contribution >= 0.6 is 11.3 Å². The number of pyridine rings is 1. The van der Waals surface area contributed by atoms with Crippen LogP contribution in [0, 0.1) is 5.92 Å². The van der Waals surface area contributed by atoms with Crippen molar-refractivity contribution >= 4 is 38.4 Å². The van der Waals surface area contributed by atoms with Gasteiger partial charge >= 0.3 is 0 Å². The lowest BCUT2D eigenvalue weighted by Gasteiger charge is -2.16. The minimum absolute atomic E-state index is 0.0109. The highest BCUT2D eigenvalue weighted by Gasteiger charge is 2.15. The molecule has 3 nitrogen and oxygen atoms in total. The summed E-state index contributed by atoms with van der Waals surface area (Å²) in [6.45, 7) is 6.23. The van der Waals surface area contributed by atoms with Gasteiger partial charge in [0.05, 0.1) is 10.4 Å². The van der Waals surface area contributed by atoms with Gasteiger partial charge in [-0.05, 0) is 31.0 Å². The average molecular weight is 298 g/mol. The number of hydrogen-bond donors (Lipinski definition) is 1. The summed E-state index contributed by atoms with van der Waals surface area (Å²) in [4.78, 5) is 18.6. The van der Waals surface area contributed by atoms with Gasteiger partial charge < -0.3 is 5.32 Å². The molecule has 3 rings (SSSR count). The summed E-state index contributed by atoms with van der Waals surface area (Å²) in [5.74, 6) is 0.410. The van der Waals surface area contributed by atoms with Gasteiger partial charge in [0.1, 0.15) is 4.83 Å². The Balaban J connectivity index is 1.97. The minimum atomic E-state index is -0.0109. The Kier molecular flexibility index (Phi) is 3.64. The molecule has 108 valence electrons. The SMILES string of the molecule is CC(C)[C@H](C)NC(=O)c1cc2cc3ccccc3nc2s1. The molecule has 4 heteroatoms. The summed E-state index contributed by atoms with van der Waals surface area (Å²) in [5.41, 5.74) is 0.967. The molecule has 0 aliphatic heterocycles. The molecule has 0 unspecified atom stereocenters. The van der Waals surface area contributed by atoms with E-state index in [1.54, 1.807) is 0 Å². The minimum Gasteiger partial charge on any atom is -0.349 e. The highest BCUT2D eigenvalue weighted by molar-refractivity contribution is 7.20. The predicted molar refractivity (Wildman–Crippen MR) is 88.9 cm³/mol. The van der Waals surface area contributed by atoms with E-state index in [-0.39, 0.29) is 11.9 Å². The molecule has 1 atom stereocenters. The number of nitrogens with zero attached hydrogens (tertiary/aromatic N) is 1. The number of carbonyl (C=O) groups excluding carboxylic acids is 1. The topological polar surface area (TPSA) is 42.0 Å². The van der Waals surface area contributed by atoms with Crippen LogP contribution < -0.4 is 5.32 Å². The molecule has 0 fully saturated rings. The Morgan fingerprint density at radius 1 is 1.14 bits per heavy atom. The van der Waals surface area contributed by atoms with E-state index in [1.807, 2.05) is 37.3 Å². The van der Waals surface area contributed by atoms with Crippen molar-refractivity contribution in [3.8, 4) is 0 Å². The second-order valence-electron chi connectivity index (χ2n) is 5.69. The van der Waals surface area contributed by atoms with Crippen LogP contribution in [-0.4, -0.2) is 16.9 Å². The first-order valence-corrected chi connectivity index (χ1v) is 7.96. The van der Waals surface area contributed by atoms with Crippen molar-refractivity contribution in [2.24, 2.45) is 5.92 Å². The number of benzene rings is 1. The first-order chi connectivity index (χ1) is 10.0. The highest BCUT2D eigenvalue weighted by atomic mass is 32.1. The van der Waals surface area contributed by atoms with E-state index in [4.69, 9.17) is 0 Å². The number of carbonyl (C=O) groups is 1. The molecule has 0 saturated heterocycles. The van der Waals surface area contributed by atoms with Crippen LogP contribution in [0.3, 0.4) is 0 Å². The van der Waals surface area contributed by atoms with Crippen LogP contribution in [0.25, 0.3) is 21.1 Å². The van der Waals surface area contributed by atoms with E-state index in [0.717, 1.165) is 26.0 Å². The first-order valence-electron chi connectivity index (χ1n) is 7.15. The molecule has 1 N–H and O–H groups in total. The van der Waals surface area contributed by atoms with E-state index in [9.17, 15) is 4.79 Å². The number of para-hydroxylation sites is 1. The largest absolute Gasteiger partial charge is 0.349 e. The molecule has 0 spiro atoms. The van der Waals surface area contributed by atoms with Crippen molar-refractivity contribution in [2.75, 3.05) is 0 Å². The molecule has 0 saturated carbocycles. The van der Waals surface area contributed by atoms with Gasteiger partial charge in [0.25, 0.3) is 5.91 Å². The number of amides is 1. The van der Waals surface area contributed by atoms with Crippen LogP contribution in [0.15, 0.2) is 36.4 Å². The Labute approximate surface area is 128 Å². The van der Waals surface area contributed by atoms with Gasteiger partial charge in [-0.3, -0.25) is 4.79 Å². The Bertz CT molecular complexity index is 754. The lowest BCUT2D eigenvalue weighted by Crippen LogP contribution is -2.35. The molecule has 2 heterocycles. The van der Waals surface area contributed by atoms with Crippen molar-refractivity contribution < 1.29 is 4.79 Å². The number of aromatic nitrogens is 1. The predicted octanol–water partition coefficient (Wildman–Crippen LogP) is 4.22. The normalized spacial score (nSPS) is 13.0. The monoisotopic (exact) mass is 298 g/mol. The van der Waals surface area contributed by atoms with Gasteiger partial charge in [0, 0.05) is 16.8 Å². The van der Waals surface area contributed by atoms with Gasteiger partial charge in [-0.15, -0.1) is 11.3 Å². The fourth-order valence-electron chi connectivity index (χ4n) is 2.13. The lowest BCUT2D eigenvalue weighted by molar-refractivity contribution is 0.0934. The molecule has 1 aromatic carbocycles. The van der Waals surface area contributed by atoms with E-state index >= 15 is 0 Å². The molecular weight excluding hydrogens is 280 g/mol. The van der Waals surface area contributed by atoms with Gasteiger partial charge in [-0.2, -0.15) is 0 Å². The summed E-state index contributed by atoms with van der Waals surface area (Å²) < 4.78 is 0. The third-order valence-corrected chi connectivity index (χ3v) is 4.84. The molecule has 0 bridgehead atoms. The summed E-state index contributed by atoms with van der Waals surface area (Å²) in [7, 11) is 0. The molecular formula is C17H18N2OS. The molecule has 1 amide bonds. The van der Waals surface area contributed by atoms with E-state index in [1.165, 1.54) is 11.3 Å². The average Bonchev–Trinajstić information content (AvgIpc) is 2.87. The second kappa shape index (κ2) is 5.45. The second-order valence-corrected chi connectivity index (χ2v) is 6.72. The number of rotatable bonds is 3. The third kappa shape index (κ3) is 2.76. The molecule has 0 aliphatic carbocycles. The number of hydrogen-bond acceptors (Lipinski definition) is 3. The van der Waals surface area contributed by atoms with Crippen molar-refractivity contribution in [1.29, 1.82) is 0 Å². The number of fused-ring (bicyclic) bond motifs is 2. The fourth-order valence-corrected chi connectivity index (χ4v) is 3.06. The molecule has 2 aromatic heterocycles. The zero-order chi connectivity index (χ0) is 15.0. The Morgan fingerprint density at radius 3 is 2.67 bits per heavy atom. The molecule has 0 radical (unpaired) electrons. The quantitative estimate of drug-likeness (QED) is 0.786. The van der Waals surface area contributed by atoms with Crippen LogP contribution in [0.2, 0.25) is 0 Å². The smallest absolute Gasteiger partial charge is 0.261 e. The third-order valence-electron chi connectivity index (χ3n) is 3.79. The van der Waals surface area contributed by atoms with Crippen LogP contribution in [0.5, 0.6) is 0 Å². The van der Waals surface area contributed by atoms with E-state index in [2.05, 4.69) is 30.2 Å². The van der Waals surface area contributed by atoms with E-state index in [0.29, 0.717) is 5.92 Å². The van der Waals surface area contributed by atoms with Crippen LogP contribution in [0.1, 0.15) is 30.4 Å². The van der Waals surface area contributed by atoms with Gasteiger partial charge in [-0.1, -0.05) is 32.0 Å². The highest BCUT2D eigenvalue weighted by Crippen LogP contribution is 2.27. The Hall–Kier alpha value is -1.94. The summed E-state index contributed by atoms with van der Waals surface area (Å²) in [6, 6.07) is 12.2. The number of thiophene rings is 1. The van der Waals surface area contributed by atoms with Crippen molar-refractivity contribution in [2.45, 2.75) is 26.8 Å². The first kappa shape index (κ1) is 14.0. The van der Waals surface area contributed by atoms with Gasteiger partial charge in [-0.25, -0.2) is 4.98 Å².